The average molecular weight is 332 g/mol. The molecule has 10 nitrogen and oxygen atoms in total. The molecule has 1 aliphatic heterocycles. The first-order chi connectivity index (χ1) is 10.8. The van der Waals surface area contributed by atoms with Gasteiger partial charge in [0.15, 0.2) is 23.2 Å². The number of nitrogens with two attached hydrogens (primary N) is 2. The van der Waals surface area contributed by atoms with Crippen LogP contribution < -0.4 is 11.5 Å². The summed E-state index contributed by atoms with van der Waals surface area (Å²) in [7, 11) is 0. The first-order valence-corrected chi connectivity index (χ1v) is 6.48. The molecule has 23 heavy (non-hydrogen) atoms. The van der Waals surface area contributed by atoms with Crippen molar-refractivity contribution >= 4 is 17.4 Å². The van der Waals surface area contributed by atoms with Crippen molar-refractivity contribution in [3.05, 3.63) is 11.9 Å². The zero-order valence-corrected chi connectivity index (χ0v) is 11.6. The fourth-order valence-corrected chi connectivity index (χ4v) is 2.54. The van der Waals surface area contributed by atoms with Crippen LogP contribution >= 0.6 is 0 Å². The monoisotopic (exact) mass is 332 g/mol. The Kier molecular flexibility index (Phi) is 3.37. The molecule has 0 radical (unpaired) electrons. The van der Waals surface area contributed by atoms with Crippen molar-refractivity contribution in [2.45, 2.75) is 23.7 Å². The normalized spacial score (nSPS) is 34.3. The van der Waals surface area contributed by atoms with Crippen LogP contribution in [0.15, 0.2) is 6.20 Å². The van der Waals surface area contributed by atoms with Gasteiger partial charge < -0.3 is 31.5 Å². The van der Waals surface area contributed by atoms with Crippen molar-refractivity contribution in [2.75, 3.05) is 24.7 Å². The van der Waals surface area contributed by atoms with Crippen molar-refractivity contribution in [1.82, 2.24) is 19.6 Å². The van der Waals surface area contributed by atoms with Gasteiger partial charge in [-0.3, -0.25) is 0 Å². The molecular formula is C11H14F2N6O4. The molecular weight excluding hydrogens is 318 g/mol. The maximum absolute atomic E-state index is 14.5. The van der Waals surface area contributed by atoms with Gasteiger partial charge in [-0.25, -0.2) is 18.3 Å². The lowest BCUT2D eigenvalue weighted by Gasteiger charge is -2.28. The average Bonchev–Trinajstić information content (AvgIpc) is 3.02. The van der Waals surface area contributed by atoms with E-state index in [1.165, 1.54) is 0 Å². The van der Waals surface area contributed by atoms with Crippen LogP contribution in [0.25, 0.3) is 5.65 Å². The zero-order chi connectivity index (χ0) is 17.0. The quantitative estimate of drug-likeness (QED) is 0.422. The number of anilines is 2. The number of halogens is 2. The molecule has 1 fully saturated rings. The van der Waals surface area contributed by atoms with Gasteiger partial charge in [0.2, 0.25) is 11.7 Å². The van der Waals surface area contributed by atoms with Crippen LogP contribution in [-0.2, 0) is 10.5 Å². The Morgan fingerprint density at radius 3 is 2.70 bits per heavy atom. The molecule has 2 aromatic heterocycles. The summed E-state index contributed by atoms with van der Waals surface area (Å²) in [5.74, 6) is -3.24. The van der Waals surface area contributed by atoms with Crippen molar-refractivity contribution < 1.29 is 28.8 Å². The second-order valence-corrected chi connectivity index (χ2v) is 5.24. The van der Waals surface area contributed by atoms with Gasteiger partial charge in [-0.2, -0.15) is 4.98 Å². The molecule has 0 aromatic carbocycles. The highest BCUT2D eigenvalue weighted by molar-refractivity contribution is 5.61. The third kappa shape index (κ3) is 1.96. The third-order valence-corrected chi connectivity index (χ3v) is 3.81. The standard InChI is InChI=1S/C11H14F2N6O4/c12-2-10(3-20)6(21)5(13)11(22,23-10)4-1-16-8-7(14)17-9(15)18-19(4)8/h1,5-6,20-22H,2-3H2,(H4,14,15,17,18)/t5-,6+,10-,11+/m1/s1. The van der Waals surface area contributed by atoms with Crippen LogP contribution in [0.5, 0.6) is 0 Å². The van der Waals surface area contributed by atoms with E-state index in [9.17, 15) is 24.1 Å². The fourth-order valence-electron chi connectivity index (χ4n) is 2.54. The van der Waals surface area contributed by atoms with Gasteiger partial charge in [0.05, 0.1) is 12.8 Å². The summed E-state index contributed by atoms with van der Waals surface area (Å²) < 4.78 is 33.5. The van der Waals surface area contributed by atoms with E-state index in [1.807, 2.05) is 0 Å². The molecule has 1 saturated heterocycles. The first kappa shape index (κ1) is 15.7. The van der Waals surface area contributed by atoms with E-state index in [0.717, 1.165) is 10.7 Å². The molecule has 7 N–H and O–H groups in total. The van der Waals surface area contributed by atoms with E-state index >= 15 is 0 Å². The first-order valence-electron chi connectivity index (χ1n) is 6.48. The van der Waals surface area contributed by atoms with Crippen molar-refractivity contribution in [3.63, 3.8) is 0 Å². The smallest absolute Gasteiger partial charge is 0.247 e. The Bertz CT molecular complexity index is 753. The number of fused-ring (bicyclic) bond motifs is 1. The lowest BCUT2D eigenvalue weighted by atomic mass is 9.96. The topological polar surface area (TPSA) is 165 Å². The van der Waals surface area contributed by atoms with Crippen LogP contribution in [0, 0.1) is 0 Å². The SMILES string of the molecule is Nc1nc(N)c2ncc([C@]3(O)O[C@@](CO)(CF)[C@@H](O)[C@H]3F)n2n1. The minimum Gasteiger partial charge on any atom is -0.393 e. The maximum atomic E-state index is 14.5. The van der Waals surface area contributed by atoms with Crippen molar-refractivity contribution in [3.8, 4) is 0 Å². The van der Waals surface area contributed by atoms with Crippen LogP contribution in [-0.4, -0.2) is 66.1 Å². The molecule has 2 aromatic rings. The fraction of sp³-hybridized carbons (Fsp3) is 0.545. The molecule has 0 spiro atoms. The number of rotatable bonds is 3. The highest BCUT2D eigenvalue weighted by atomic mass is 19.1. The summed E-state index contributed by atoms with van der Waals surface area (Å²) in [5.41, 5.74) is 8.30. The van der Waals surface area contributed by atoms with Crippen LogP contribution in [0.4, 0.5) is 20.5 Å². The second-order valence-electron chi connectivity index (χ2n) is 5.24. The summed E-state index contributed by atoms with van der Waals surface area (Å²) in [4.78, 5) is 7.48. The van der Waals surface area contributed by atoms with Crippen molar-refractivity contribution in [2.24, 2.45) is 0 Å². The minimum atomic E-state index is -2.82. The number of ether oxygens (including phenoxy) is 1. The molecule has 126 valence electrons. The van der Waals surface area contributed by atoms with E-state index in [0.29, 0.717) is 0 Å². The third-order valence-electron chi connectivity index (χ3n) is 3.81. The van der Waals surface area contributed by atoms with Crippen LogP contribution in [0.1, 0.15) is 5.69 Å². The lowest BCUT2D eigenvalue weighted by molar-refractivity contribution is -0.261. The summed E-state index contributed by atoms with van der Waals surface area (Å²) >= 11 is 0. The lowest BCUT2D eigenvalue weighted by Crippen LogP contribution is -2.47. The number of alkyl halides is 2. The highest BCUT2D eigenvalue weighted by Crippen LogP contribution is 2.45. The van der Waals surface area contributed by atoms with E-state index in [1.54, 1.807) is 0 Å². The molecule has 0 aliphatic carbocycles. The Morgan fingerprint density at radius 2 is 2.13 bits per heavy atom. The minimum absolute atomic E-state index is 0.0466. The molecule has 1 aliphatic rings. The van der Waals surface area contributed by atoms with Gasteiger partial charge in [0, 0.05) is 0 Å². The van der Waals surface area contributed by atoms with Gasteiger partial charge in [-0.05, 0) is 0 Å². The Balaban J connectivity index is 2.18. The van der Waals surface area contributed by atoms with Gasteiger partial charge in [-0.1, -0.05) is 0 Å². The Labute approximate surface area is 127 Å². The van der Waals surface area contributed by atoms with Crippen LogP contribution in [0.3, 0.4) is 0 Å². The van der Waals surface area contributed by atoms with E-state index in [2.05, 4.69) is 15.1 Å². The number of aliphatic hydroxyl groups is 3. The number of aliphatic hydroxyl groups excluding tert-OH is 2. The highest BCUT2D eigenvalue weighted by Gasteiger charge is 2.65. The number of nitrogen functional groups attached to an aromatic ring is 2. The molecule has 0 bridgehead atoms. The van der Waals surface area contributed by atoms with Gasteiger partial charge in [0.25, 0.3) is 0 Å². The zero-order valence-electron chi connectivity index (χ0n) is 11.6. The number of hydrogen-bond acceptors (Lipinski definition) is 9. The number of imidazole rings is 1. The molecule has 3 heterocycles. The molecule has 3 rings (SSSR count). The molecule has 0 saturated carbocycles. The van der Waals surface area contributed by atoms with E-state index < -0.39 is 36.9 Å². The predicted octanol–water partition coefficient (Wildman–Crippen LogP) is -2.14. The molecule has 0 amide bonds. The van der Waals surface area contributed by atoms with Gasteiger partial charge >= 0.3 is 0 Å². The molecule has 0 unspecified atom stereocenters. The summed E-state index contributed by atoms with van der Waals surface area (Å²) in [5, 5.41) is 33.4. The Hall–Kier alpha value is -2.15. The Morgan fingerprint density at radius 1 is 1.43 bits per heavy atom. The van der Waals surface area contributed by atoms with Crippen LogP contribution in [0.2, 0.25) is 0 Å². The summed E-state index contributed by atoms with van der Waals surface area (Å²) in [6.07, 6.45) is -3.63. The predicted molar refractivity (Wildman–Crippen MR) is 71.3 cm³/mol. The van der Waals surface area contributed by atoms with Gasteiger partial charge in [-0.15, -0.1) is 5.10 Å². The molecule has 12 heteroatoms. The van der Waals surface area contributed by atoms with E-state index in [4.69, 9.17) is 16.2 Å². The van der Waals surface area contributed by atoms with Crippen molar-refractivity contribution in [1.29, 1.82) is 0 Å². The number of hydrogen-bond donors (Lipinski definition) is 5. The number of nitrogens with zero attached hydrogens (tertiary/aromatic N) is 4. The number of aromatic nitrogens is 4. The van der Waals surface area contributed by atoms with E-state index in [-0.39, 0.29) is 23.1 Å². The second kappa shape index (κ2) is 4.92. The van der Waals surface area contributed by atoms with Gasteiger partial charge in [0.1, 0.15) is 18.5 Å². The largest absolute Gasteiger partial charge is 0.393 e. The molecule has 4 atom stereocenters. The summed E-state index contributed by atoms with van der Waals surface area (Å²) in [6.45, 7) is -2.48. The maximum Gasteiger partial charge on any atom is 0.247 e. The summed E-state index contributed by atoms with van der Waals surface area (Å²) in [6, 6.07) is 0.